The van der Waals surface area contributed by atoms with E-state index in [2.05, 4.69) is 30.2 Å². The molecule has 1 saturated carbocycles. The summed E-state index contributed by atoms with van der Waals surface area (Å²) < 4.78 is 0. The Hall–Kier alpha value is -4.64. The van der Waals surface area contributed by atoms with Gasteiger partial charge in [0.05, 0.1) is 12.1 Å². The van der Waals surface area contributed by atoms with Crippen LogP contribution in [-0.2, 0) is 9.59 Å². The number of aliphatic carboxylic acids is 1. The molecular formula is C33H36N8O3. The van der Waals surface area contributed by atoms with E-state index in [1.54, 1.807) is 6.92 Å². The molecule has 2 aliphatic heterocycles. The van der Waals surface area contributed by atoms with Crippen LogP contribution in [0.3, 0.4) is 0 Å². The van der Waals surface area contributed by atoms with Crippen LogP contribution in [0.1, 0.15) is 39.0 Å². The summed E-state index contributed by atoms with van der Waals surface area (Å²) in [5.41, 5.74) is 3.72. The molecular weight excluding hydrogens is 556 g/mol. The molecule has 11 heteroatoms. The minimum absolute atomic E-state index is 0.0431. The Kier molecular flexibility index (Phi) is 7.55. The third-order valence-electron chi connectivity index (χ3n) is 9.29. The summed E-state index contributed by atoms with van der Waals surface area (Å²) in [7, 11) is 0. The molecule has 0 radical (unpaired) electrons. The number of nitrogens with one attached hydrogen (secondary N) is 1. The molecule has 2 bridgehead atoms. The van der Waals surface area contributed by atoms with Crippen LogP contribution in [0.5, 0.6) is 0 Å². The van der Waals surface area contributed by atoms with Gasteiger partial charge in [-0.15, -0.1) is 0 Å². The number of rotatable bonds is 8. The number of carboxylic acids is 1. The van der Waals surface area contributed by atoms with Crippen LogP contribution in [0.2, 0.25) is 0 Å². The van der Waals surface area contributed by atoms with E-state index in [0.717, 1.165) is 72.9 Å². The summed E-state index contributed by atoms with van der Waals surface area (Å²) in [6.45, 7) is 3.21. The number of hydrogen-bond acceptors (Lipinski definition) is 9. The highest BCUT2D eigenvalue weighted by Gasteiger charge is 2.44. The highest BCUT2D eigenvalue weighted by atomic mass is 16.4. The van der Waals surface area contributed by atoms with Gasteiger partial charge in [-0.1, -0.05) is 30.3 Å². The zero-order chi connectivity index (χ0) is 30.2. The minimum Gasteiger partial charge on any atom is -0.480 e. The SMILES string of the molecule is CC(=O)N(c1ccc(-c2cnc(N3C[C@@H]4C[C@H]3CN4CC(=O)O)nc2)cc1)C1CCC(Nc2ncc3ccccc3n2)CC1. The van der Waals surface area contributed by atoms with Gasteiger partial charge < -0.3 is 20.2 Å². The second-order valence-corrected chi connectivity index (χ2v) is 12.1. The van der Waals surface area contributed by atoms with Gasteiger partial charge in [0.2, 0.25) is 17.8 Å². The Labute approximate surface area is 256 Å². The lowest BCUT2D eigenvalue weighted by atomic mass is 9.89. The minimum atomic E-state index is -0.782. The molecule has 44 heavy (non-hydrogen) atoms. The summed E-state index contributed by atoms with van der Waals surface area (Å²) in [6.07, 6.45) is 10.1. The number of hydrogen-bond donors (Lipinski definition) is 2. The second kappa shape index (κ2) is 11.8. The Bertz CT molecular complexity index is 1660. The van der Waals surface area contributed by atoms with E-state index in [4.69, 9.17) is 5.11 Å². The van der Waals surface area contributed by atoms with Gasteiger partial charge in [0.15, 0.2) is 0 Å². The first-order valence-corrected chi connectivity index (χ1v) is 15.3. The van der Waals surface area contributed by atoms with Crippen molar-refractivity contribution in [3.05, 3.63) is 67.1 Å². The number of anilines is 3. The number of nitrogens with zero attached hydrogens (tertiary/aromatic N) is 7. The van der Waals surface area contributed by atoms with Crippen molar-refractivity contribution in [1.29, 1.82) is 0 Å². The fraction of sp³-hybridized carbons (Fsp3) is 0.394. The van der Waals surface area contributed by atoms with E-state index in [9.17, 15) is 9.59 Å². The van der Waals surface area contributed by atoms with Gasteiger partial charge in [0, 0.05) is 79.4 Å². The van der Waals surface area contributed by atoms with Crippen LogP contribution in [0.4, 0.5) is 17.6 Å². The van der Waals surface area contributed by atoms with Crippen molar-refractivity contribution in [3.63, 3.8) is 0 Å². The summed E-state index contributed by atoms with van der Waals surface area (Å²) >= 11 is 0. The normalized spacial score (nSPS) is 23.2. The topological polar surface area (TPSA) is 128 Å². The van der Waals surface area contributed by atoms with E-state index in [1.807, 2.05) is 76.9 Å². The van der Waals surface area contributed by atoms with Crippen LogP contribution in [0, 0.1) is 0 Å². The van der Waals surface area contributed by atoms with Crippen molar-refractivity contribution < 1.29 is 14.7 Å². The fourth-order valence-corrected chi connectivity index (χ4v) is 7.15. The maximum absolute atomic E-state index is 12.8. The molecule has 2 N–H and O–H groups in total. The predicted molar refractivity (Wildman–Crippen MR) is 169 cm³/mol. The lowest BCUT2D eigenvalue weighted by Crippen LogP contribution is -2.48. The average Bonchev–Trinajstić information content (AvgIpc) is 3.63. The lowest BCUT2D eigenvalue weighted by molar-refractivity contribution is -0.138. The molecule has 2 saturated heterocycles. The van der Waals surface area contributed by atoms with E-state index in [-0.39, 0.29) is 36.6 Å². The van der Waals surface area contributed by atoms with Crippen molar-refractivity contribution in [1.82, 2.24) is 24.8 Å². The molecule has 1 amide bonds. The highest BCUT2D eigenvalue weighted by molar-refractivity contribution is 5.92. The number of likely N-dealkylation sites (tertiary alicyclic amines) is 1. The van der Waals surface area contributed by atoms with E-state index < -0.39 is 5.97 Å². The second-order valence-electron chi connectivity index (χ2n) is 12.1. The number of piperazine rings is 1. The number of aromatic nitrogens is 4. The Balaban J connectivity index is 0.966. The maximum atomic E-state index is 12.8. The first-order valence-electron chi connectivity index (χ1n) is 15.3. The number of para-hydroxylation sites is 1. The quantitative estimate of drug-likeness (QED) is 0.307. The van der Waals surface area contributed by atoms with E-state index in [1.165, 1.54) is 0 Å². The summed E-state index contributed by atoms with van der Waals surface area (Å²) in [5, 5.41) is 13.7. The van der Waals surface area contributed by atoms with Gasteiger partial charge in [-0.2, -0.15) is 0 Å². The van der Waals surface area contributed by atoms with Crippen LogP contribution in [0.25, 0.3) is 22.0 Å². The first-order chi connectivity index (χ1) is 21.4. The monoisotopic (exact) mass is 592 g/mol. The smallest absolute Gasteiger partial charge is 0.317 e. The van der Waals surface area contributed by atoms with Gasteiger partial charge in [-0.05, 0) is 55.9 Å². The van der Waals surface area contributed by atoms with E-state index >= 15 is 0 Å². The van der Waals surface area contributed by atoms with Gasteiger partial charge >= 0.3 is 5.97 Å². The standard InChI is InChI=1S/C33H36N8O3/c1-21(42)41(27-12-8-25(9-13-27)37-32-34-15-23-4-2-3-5-30(23)38-32)26-10-6-22(7-11-26)24-16-35-33(36-17-24)40-19-28-14-29(40)18-39(28)20-31(43)44/h2-7,10-11,15-17,25,27-29H,8-9,12-14,18-20H2,1H3,(H,43,44)(H,34,37,38)/t25?,27?,28-,29-/m0/s1. The number of carbonyl (C=O) groups is 2. The van der Waals surface area contributed by atoms with Gasteiger partial charge in [-0.25, -0.2) is 19.9 Å². The molecule has 11 nitrogen and oxygen atoms in total. The average molecular weight is 593 g/mol. The predicted octanol–water partition coefficient (Wildman–Crippen LogP) is 4.21. The molecule has 3 fully saturated rings. The number of benzene rings is 2. The molecule has 4 aromatic rings. The molecule has 1 aliphatic carbocycles. The largest absolute Gasteiger partial charge is 0.480 e. The van der Waals surface area contributed by atoms with Crippen molar-refractivity contribution in [2.45, 2.75) is 63.2 Å². The molecule has 2 atom stereocenters. The molecule has 2 aromatic carbocycles. The van der Waals surface area contributed by atoms with Crippen LogP contribution in [-0.4, -0.2) is 85.6 Å². The maximum Gasteiger partial charge on any atom is 0.317 e. The molecule has 3 aliphatic rings. The summed E-state index contributed by atoms with van der Waals surface area (Å²) in [5.74, 6) is 0.600. The Morgan fingerprint density at radius 3 is 2.34 bits per heavy atom. The third kappa shape index (κ3) is 5.67. The van der Waals surface area contributed by atoms with Gasteiger partial charge in [0.25, 0.3) is 0 Å². The lowest BCUT2D eigenvalue weighted by Gasteiger charge is -2.36. The van der Waals surface area contributed by atoms with Crippen molar-refractivity contribution in [2.24, 2.45) is 0 Å². The van der Waals surface area contributed by atoms with Crippen LogP contribution >= 0.6 is 0 Å². The molecule has 226 valence electrons. The van der Waals surface area contributed by atoms with Crippen LogP contribution in [0.15, 0.2) is 67.1 Å². The van der Waals surface area contributed by atoms with Crippen LogP contribution < -0.4 is 15.1 Å². The molecule has 2 aromatic heterocycles. The molecule has 4 heterocycles. The number of fused-ring (bicyclic) bond motifs is 3. The van der Waals surface area contributed by atoms with Gasteiger partial charge in [0.1, 0.15) is 0 Å². The first kappa shape index (κ1) is 28.1. The van der Waals surface area contributed by atoms with Gasteiger partial charge in [-0.3, -0.25) is 14.5 Å². The Morgan fingerprint density at radius 2 is 1.66 bits per heavy atom. The zero-order valence-corrected chi connectivity index (χ0v) is 24.7. The fourth-order valence-electron chi connectivity index (χ4n) is 7.15. The molecule has 7 rings (SSSR count). The highest BCUT2D eigenvalue weighted by Crippen LogP contribution is 2.34. The zero-order valence-electron chi connectivity index (χ0n) is 24.7. The van der Waals surface area contributed by atoms with Crippen molar-refractivity contribution in [2.75, 3.05) is 34.8 Å². The summed E-state index contributed by atoms with van der Waals surface area (Å²) in [4.78, 5) is 48.6. The number of amides is 1. The molecule has 0 unspecified atom stereocenters. The Morgan fingerprint density at radius 1 is 0.909 bits per heavy atom. The van der Waals surface area contributed by atoms with E-state index in [0.29, 0.717) is 11.9 Å². The van der Waals surface area contributed by atoms with Crippen molar-refractivity contribution >= 4 is 40.4 Å². The number of carboxylic acid groups (broad SMARTS) is 1. The third-order valence-corrected chi connectivity index (χ3v) is 9.29. The number of carbonyl (C=O) groups excluding carboxylic acids is 1. The van der Waals surface area contributed by atoms with Crippen molar-refractivity contribution in [3.8, 4) is 11.1 Å². The summed E-state index contributed by atoms with van der Waals surface area (Å²) in [6, 6.07) is 16.9. The molecule has 0 spiro atoms.